The maximum Gasteiger partial charge on any atom is 0.307 e. The van der Waals surface area contributed by atoms with Crippen LogP contribution in [0, 0.1) is 17.8 Å². The molecule has 0 bridgehead atoms. The Morgan fingerprint density at radius 1 is 1.25 bits per heavy atom. The van der Waals surface area contributed by atoms with Crippen LogP contribution in [0.2, 0.25) is 10.0 Å². The molecule has 1 fully saturated rings. The standard InChI is InChI=1S/C14H15Cl2NO3/c1-7-5-8(9(6-7)14(19)20)13(18)17-11-4-2-3-10(15)12(11)16/h2-4,7-9H,5-6H2,1H3,(H,17,18)(H,19,20)/t7?,8-,9+/m0/s1. The number of carboxylic acid groups (broad SMARTS) is 1. The summed E-state index contributed by atoms with van der Waals surface area (Å²) in [5.74, 6) is -2.18. The number of hydrogen-bond acceptors (Lipinski definition) is 2. The van der Waals surface area contributed by atoms with E-state index in [4.69, 9.17) is 23.2 Å². The average molecular weight is 316 g/mol. The highest BCUT2D eigenvalue weighted by molar-refractivity contribution is 6.44. The largest absolute Gasteiger partial charge is 0.481 e. The van der Waals surface area contributed by atoms with Crippen LogP contribution >= 0.6 is 23.2 Å². The third-order valence-corrected chi connectivity index (χ3v) is 4.48. The molecule has 6 heteroatoms. The Bertz CT molecular complexity index is 547. The van der Waals surface area contributed by atoms with Gasteiger partial charge in [-0.25, -0.2) is 0 Å². The number of carbonyl (C=O) groups excluding carboxylic acids is 1. The summed E-state index contributed by atoms with van der Waals surface area (Å²) in [6, 6.07) is 4.94. The van der Waals surface area contributed by atoms with E-state index in [9.17, 15) is 14.7 Å². The van der Waals surface area contributed by atoms with E-state index >= 15 is 0 Å². The molecular weight excluding hydrogens is 301 g/mol. The van der Waals surface area contributed by atoms with E-state index in [1.807, 2.05) is 6.92 Å². The fourth-order valence-corrected chi connectivity index (χ4v) is 3.03. The second kappa shape index (κ2) is 6.02. The molecule has 0 radical (unpaired) electrons. The normalized spacial score (nSPS) is 25.4. The number of halogens is 2. The lowest BCUT2D eigenvalue weighted by molar-refractivity contribution is -0.145. The molecule has 1 aliphatic rings. The van der Waals surface area contributed by atoms with Crippen molar-refractivity contribution in [2.24, 2.45) is 17.8 Å². The third-order valence-electron chi connectivity index (χ3n) is 3.66. The second-order valence-corrected chi connectivity index (χ2v) is 6.00. The molecule has 2 rings (SSSR count). The first-order valence-electron chi connectivity index (χ1n) is 6.37. The van der Waals surface area contributed by atoms with Crippen LogP contribution in [0.4, 0.5) is 5.69 Å². The molecule has 0 spiro atoms. The molecule has 1 unspecified atom stereocenters. The van der Waals surface area contributed by atoms with Gasteiger partial charge in [0.1, 0.15) is 0 Å². The topological polar surface area (TPSA) is 66.4 Å². The van der Waals surface area contributed by atoms with Gasteiger partial charge < -0.3 is 10.4 Å². The van der Waals surface area contributed by atoms with E-state index in [2.05, 4.69) is 5.32 Å². The van der Waals surface area contributed by atoms with E-state index in [1.54, 1.807) is 18.2 Å². The first kappa shape index (κ1) is 15.1. The maximum atomic E-state index is 12.3. The summed E-state index contributed by atoms with van der Waals surface area (Å²) in [5, 5.41) is 12.5. The van der Waals surface area contributed by atoms with Crippen LogP contribution in [-0.2, 0) is 9.59 Å². The Morgan fingerprint density at radius 3 is 2.55 bits per heavy atom. The smallest absolute Gasteiger partial charge is 0.307 e. The Labute approximate surface area is 127 Å². The number of anilines is 1. The summed E-state index contributed by atoms with van der Waals surface area (Å²) < 4.78 is 0. The number of benzene rings is 1. The zero-order valence-corrected chi connectivity index (χ0v) is 12.4. The number of carbonyl (C=O) groups is 2. The molecule has 0 aromatic heterocycles. The van der Waals surface area contributed by atoms with Gasteiger partial charge in [-0.2, -0.15) is 0 Å². The molecule has 0 aliphatic heterocycles. The monoisotopic (exact) mass is 315 g/mol. The number of amides is 1. The van der Waals surface area contributed by atoms with Crippen LogP contribution < -0.4 is 5.32 Å². The highest BCUT2D eigenvalue weighted by atomic mass is 35.5. The predicted molar refractivity (Wildman–Crippen MR) is 78.1 cm³/mol. The van der Waals surface area contributed by atoms with Gasteiger partial charge in [-0.15, -0.1) is 0 Å². The highest BCUT2D eigenvalue weighted by Crippen LogP contribution is 2.38. The Morgan fingerprint density at radius 2 is 1.90 bits per heavy atom. The lowest BCUT2D eigenvalue weighted by atomic mass is 9.95. The lowest BCUT2D eigenvalue weighted by Crippen LogP contribution is -2.30. The van der Waals surface area contributed by atoms with Gasteiger partial charge in [0.25, 0.3) is 0 Å². The van der Waals surface area contributed by atoms with Crippen molar-refractivity contribution in [3.05, 3.63) is 28.2 Å². The summed E-state index contributed by atoms with van der Waals surface area (Å²) in [5.41, 5.74) is 0.410. The van der Waals surface area contributed by atoms with Gasteiger partial charge in [-0.3, -0.25) is 9.59 Å². The molecule has 3 atom stereocenters. The quantitative estimate of drug-likeness (QED) is 0.894. The van der Waals surface area contributed by atoms with Crippen LogP contribution in [0.15, 0.2) is 18.2 Å². The van der Waals surface area contributed by atoms with Crippen LogP contribution in [0.25, 0.3) is 0 Å². The van der Waals surface area contributed by atoms with Gasteiger partial charge >= 0.3 is 5.97 Å². The van der Waals surface area contributed by atoms with Gasteiger partial charge in [0.2, 0.25) is 5.91 Å². The van der Waals surface area contributed by atoms with Crippen LogP contribution in [0.1, 0.15) is 19.8 Å². The Kier molecular flexibility index (Phi) is 4.55. The van der Waals surface area contributed by atoms with E-state index < -0.39 is 17.8 Å². The van der Waals surface area contributed by atoms with Crippen LogP contribution in [-0.4, -0.2) is 17.0 Å². The number of rotatable bonds is 3. The van der Waals surface area contributed by atoms with Crippen LogP contribution in [0.5, 0.6) is 0 Å². The van der Waals surface area contributed by atoms with Crippen molar-refractivity contribution < 1.29 is 14.7 Å². The van der Waals surface area contributed by atoms with Gasteiger partial charge in [-0.05, 0) is 30.9 Å². The molecule has 1 aliphatic carbocycles. The molecule has 4 nitrogen and oxygen atoms in total. The molecule has 0 heterocycles. The highest BCUT2D eigenvalue weighted by Gasteiger charge is 2.41. The molecule has 2 N–H and O–H groups in total. The fourth-order valence-electron chi connectivity index (χ4n) is 2.68. The van der Waals surface area contributed by atoms with Gasteiger partial charge in [0.05, 0.1) is 27.6 Å². The van der Waals surface area contributed by atoms with Crippen molar-refractivity contribution in [3.8, 4) is 0 Å². The maximum absolute atomic E-state index is 12.3. The summed E-state index contributed by atoms with van der Waals surface area (Å²) in [6.07, 6.45) is 1.09. The van der Waals surface area contributed by atoms with E-state index in [0.717, 1.165) is 0 Å². The molecule has 0 saturated heterocycles. The van der Waals surface area contributed by atoms with E-state index in [1.165, 1.54) is 0 Å². The predicted octanol–water partition coefficient (Wildman–Crippen LogP) is 3.68. The van der Waals surface area contributed by atoms with Crippen molar-refractivity contribution >= 4 is 40.8 Å². The Balaban J connectivity index is 2.15. The summed E-state index contributed by atoms with van der Waals surface area (Å²) in [4.78, 5) is 23.5. The average Bonchev–Trinajstić information content (AvgIpc) is 2.77. The van der Waals surface area contributed by atoms with Gasteiger partial charge in [0.15, 0.2) is 0 Å². The third kappa shape index (κ3) is 3.07. The van der Waals surface area contributed by atoms with Crippen LogP contribution in [0.3, 0.4) is 0 Å². The number of nitrogens with one attached hydrogen (secondary N) is 1. The van der Waals surface area contributed by atoms with E-state index in [0.29, 0.717) is 23.6 Å². The minimum Gasteiger partial charge on any atom is -0.481 e. The van der Waals surface area contributed by atoms with Crippen molar-refractivity contribution in [2.75, 3.05) is 5.32 Å². The van der Waals surface area contributed by atoms with Gasteiger partial charge in [0, 0.05) is 0 Å². The number of carboxylic acids is 1. The molecule has 108 valence electrons. The number of aliphatic carboxylic acids is 1. The summed E-state index contributed by atoms with van der Waals surface area (Å²) in [6.45, 7) is 1.95. The Hall–Kier alpha value is -1.26. The minimum absolute atomic E-state index is 0.224. The van der Waals surface area contributed by atoms with Gasteiger partial charge in [-0.1, -0.05) is 36.2 Å². The molecule has 1 amide bonds. The molecule has 20 heavy (non-hydrogen) atoms. The van der Waals surface area contributed by atoms with Crippen molar-refractivity contribution in [2.45, 2.75) is 19.8 Å². The first-order chi connectivity index (χ1) is 9.40. The molecular formula is C14H15Cl2NO3. The fraction of sp³-hybridized carbons (Fsp3) is 0.429. The van der Waals surface area contributed by atoms with Crippen molar-refractivity contribution in [3.63, 3.8) is 0 Å². The minimum atomic E-state index is -0.924. The number of hydrogen-bond donors (Lipinski definition) is 2. The zero-order chi connectivity index (χ0) is 14.9. The van der Waals surface area contributed by atoms with E-state index in [-0.39, 0.29) is 16.8 Å². The van der Waals surface area contributed by atoms with Crippen molar-refractivity contribution in [1.82, 2.24) is 0 Å². The lowest BCUT2D eigenvalue weighted by Gasteiger charge is -2.16. The summed E-state index contributed by atoms with van der Waals surface area (Å²) in [7, 11) is 0. The SMILES string of the molecule is CC1C[C@H](C(=O)Nc2cccc(Cl)c2Cl)[C@H](C(=O)O)C1. The van der Waals surface area contributed by atoms with Crippen molar-refractivity contribution in [1.29, 1.82) is 0 Å². The summed E-state index contributed by atoms with van der Waals surface area (Å²) >= 11 is 11.9. The molecule has 1 saturated carbocycles. The molecule has 1 aromatic carbocycles. The second-order valence-electron chi connectivity index (χ2n) is 5.22. The zero-order valence-electron chi connectivity index (χ0n) is 10.9. The first-order valence-corrected chi connectivity index (χ1v) is 7.13. The molecule has 1 aromatic rings.